The molecule has 27 heavy (non-hydrogen) atoms. The second-order valence-corrected chi connectivity index (χ2v) is 5.86. The van der Waals surface area contributed by atoms with Gasteiger partial charge in [0.25, 0.3) is 11.5 Å². The Labute approximate surface area is 153 Å². The van der Waals surface area contributed by atoms with E-state index in [1.54, 1.807) is 42.5 Å². The van der Waals surface area contributed by atoms with E-state index < -0.39 is 29.9 Å². The molecule has 1 heterocycles. The molecule has 1 aromatic heterocycles. The van der Waals surface area contributed by atoms with Crippen LogP contribution in [0.15, 0.2) is 53.3 Å². The van der Waals surface area contributed by atoms with E-state index in [0.29, 0.717) is 16.3 Å². The summed E-state index contributed by atoms with van der Waals surface area (Å²) < 4.78 is 18.7. The Morgan fingerprint density at radius 3 is 2.52 bits per heavy atom. The van der Waals surface area contributed by atoms with Gasteiger partial charge in [-0.1, -0.05) is 36.4 Å². The Bertz CT molecular complexity index is 1060. The molecule has 0 aliphatic carbocycles. The van der Waals surface area contributed by atoms with Crippen LogP contribution in [0.5, 0.6) is 0 Å². The van der Waals surface area contributed by atoms with Crippen LogP contribution in [0.3, 0.4) is 0 Å². The number of nitrogens with zero attached hydrogens (tertiary/aromatic N) is 2. The Kier molecular flexibility index (Phi) is 5.25. The van der Waals surface area contributed by atoms with Crippen LogP contribution >= 0.6 is 0 Å². The molecule has 138 valence electrons. The fraction of sp³-hybridized carbons (Fsp3) is 0.158. The van der Waals surface area contributed by atoms with Crippen LogP contribution < -0.4 is 5.56 Å². The van der Waals surface area contributed by atoms with Gasteiger partial charge in [0, 0.05) is 24.5 Å². The van der Waals surface area contributed by atoms with Gasteiger partial charge in [-0.15, -0.1) is 0 Å². The van der Waals surface area contributed by atoms with Crippen molar-refractivity contribution >= 4 is 22.6 Å². The lowest BCUT2D eigenvalue weighted by molar-refractivity contribution is -0.133. The van der Waals surface area contributed by atoms with Crippen LogP contribution in [-0.2, 0) is 16.1 Å². The number of aromatic amines is 1. The molecule has 0 fully saturated rings. The van der Waals surface area contributed by atoms with Gasteiger partial charge >= 0.3 is 5.97 Å². The second kappa shape index (κ2) is 7.77. The van der Waals surface area contributed by atoms with E-state index >= 15 is 0 Å². The summed E-state index contributed by atoms with van der Waals surface area (Å²) in [7, 11) is 1.48. The molecule has 0 saturated carbocycles. The van der Waals surface area contributed by atoms with Crippen LogP contribution in [0.2, 0.25) is 0 Å². The largest absolute Gasteiger partial charge is 0.451 e. The third-order valence-corrected chi connectivity index (χ3v) is 4.01. The first-order valence-electron chi connectivity index (χ1n) is 8.09. The molecule has 3 rings (SSSR count). The zero-order valence-electron chi connectivity index (χ0n) is 14.4. The number of fused-ring (bicyclic) bond motifs is 1. The number of likely N-dealkylation sites (N-methyl/N-ethyl adjacent to an activating group) is 1. The SMILES string of the molecule is CN(Cc1ccccc1F)C(=O)COC(=O)c1n[nH]c(=O)c2ccccc12. The predicted molar refractivity (Wildman–Crippen MR) is 95.5 cm³/mol. The number of hydrogen-bond donors (Lipinski definition) is 1. The average molecular weight is 369 g/mol. The van der Waals surface area contributed by atoms with Crippen molar-refractivity contribution in [1.29, 1.82) is 0 Å². The van der Waals surface area contributed by atoms with Crippen molar-refractivity contribution in [3.8, 4) is 0 Å². The number of carbonyl (C=O) groups is 2. The van der Waals surface area contributed by atoms with Gasteiger partial charge in [0.1, 0.15) is 5.82 Å². The van der Waals surface area contributed by atoms with Crippen molar-refractivity contribution in [3.05, 3.63) is 76.0 Å². The third kappa shape index (κ3) is 4.00. The van der Waals surface area contributed by atoms with Crippen LogP contribution in [-0.4, -0.2) is 40.6 Å². The van der Waals surface area contributed by atoms with Gasteiger partial charge < -0.3 is 9.64 Å². The highest BCUT2D eigenvalue weighted by atomic mass is 19.1. The van der Waals surface area contributed by atoms with E-state index in [4.69, 9.17) is 4.74 Å². The van der Waals surface area contributed by atoms with E-state index in [9.17, 15) is 18.8 Å². The van der Waals surface area contributed by atoms with Gasteiger partial charge in [-0.3, -0.25) is 9.59 Å². The minimum Gasteiger partial charge on any atom is -0.451 e. The summed E-state index contributed by atoms with van der Waals surface area (Å²) in [6.07, 6.45) is 0. The maximum atomic E-state index is 13.7. The molecule has 0 bridgehead atoms. The minimum atomic E-state index is -0.838. The molecule has 0 unspecified atom stereocenters. The van der Waals surface area contributed by atoms with E-state index in [1.807, 2.05) is 0 Å². The standard InChI is InChI=1S/C19H16FN3O4/c1-23(10-12-6-2-5-9-15(12)20)16(24)11-27-19(26)17-13-7-3-4-8-14(13)18(25)22-21-17/h2-9H,10-11H2,1H3,(H,22,25). The number of halogens is 1. The average Bonchev–Trinajstić information content (AvgIpc) is 2.68. The number of rotatable bonds is 5. The maximum Gasteiger partial charge on any atom is 0.359 e. The first kappa shape index (κ1) is 18.2. The number of benzene rings is 2. The number of amides is 1. The minimum absolute atomic E-state index is 0.0445. The fourth-order valence-electron chi connectivity index (χ4n) is 2.55. The van der Waals surface area contributed by atoms with E-state index in [-0.39, 0.29) is 12.2 Å². The summed E-state index contributed by atoms with van der Waals surface area (Å²) in [6.45, 7) is -0.484. The van der Waals surface area contributed by atoms with Crippen molar-refractivity contribution in [2.24, 2.45) is 0 Å². The molecule has 0 aliphatic heterocycles. The molecular formula is C19H16FN3O4. The zero-order valence-corrected chi connectivity index (χ0v) is 14.4. The lowest BCUT2D eigenvalue weighted by Gasteiger charge is -2.17. The Hall–Kier alpha value is -3.55. The second-order valence-electron chi connectivity index (χ2n) is 5.86. The monoisotopic (exact) mass is 369 g/mol. The van der Waals surface area contributed by atoms with E-state index in [0.717, 1.165) is 0 Å². The van der Waals surface area contributed by atoms with Gasteiger partial charge in [0.15, 0.2) is 12.3 Å². The molecule has 0 spiro atoms. The van der Waals surface area contributed by atoms with Crippen LogP contribution in [0.25, 0.3) is 10.8 Å². The summed E-state index contributed by atoms with van der Waals surface area (Å²) in [5.41, 5.74) is -0.162. The highest BCUT2D eigenvalue weighted by Gasteiger charge is 2.18. The smallest absolute Gasteiger partial charge is 0.359 e. The topological polar surface area (TPSA) is 92.4 Å². The molecule has 1 N–H and O–H groups in total. The first-order valence-corrected chi connectivity index (χ1v) is 8.09. The van der Waals surface area contributed by atoms with Gasteiger partial charge in [0.2, 0.25) is 0 Å². The number of hydrogen-bond acceptors (Lipinski definition) is 5. The molecule has 0 saturated heterocycles. The van der Waals surface area contributed by atoms with Crippen molar-refractivity contribution in [1.82, 2.24) is 15.1 Å². The number of esters is 1. The quantitative estimate of drug-likeness (QED) is 0.693. The Morgan fingerprint density at radius 2 is 1.78 bits per heavy atom. The predicted octanol–water partition coefficient (Wildman–Crippen LogP) is 1.88. The highest BCUT2D eigenvalue weighted by molar-refractivity contribution is 6.02. The van der Waals surface area contributed by atoms with Crippen LogP contribution in [0.4, 0.5) is 4.39 Å². The number of aromatic nitrogens is 2. The Balaban J connectivity index is 1.67. The normalized spacial score (nSPS) is 10.6. The number of ether oxygens (including phenoxy) is 1. The van der Waals surface area contributed by atoms with Crippen molar-refractivity contribution in [2.45, 2.75) is 6.54 Å². The third-order valence-electron chi connectivity index (χ3n) is 4.01. The van der Waals surface area contributed by atoms with Gasteiger partial charge in [-0.25, -0.2) is 14.3 Å². The molecular weight excluding hydrogens is 353 g/mol. The van der Waals surface area contributed by atoms with Crippen molar-refractivity contribution in [3.63, 3.8) is 0 Å². The Morgan fingerprint density at radius 1 is 1.11 bits per heavy atom. The summed E-state index contributed by atoms with van der Waals surface area (Å²) in [5.74, 6) is -1.76. The molecule has 3 aromatic rings. The molecule has 7 nitrogen and oxygen atoms in total. The molecule has 0 aliphatic rings. The number of H-pyrrole nitrogens is 1. The van der Waals surface area contributed by atoms with Gasteiger partial charge in [-0.05, 0) is 12.1 Å². The lowest BCUT2D eigenvalue weighted by Crippen LogP contribution is -2.31. The first-order chi connectivity index (χ1) is 13.0. The van der Waals surface area contributed by atoms with Gasteiger partial charge in [-0.2, -0.15) is 5.10 Å². The van der Waals surface area contributed by atoms with Crippen LogP contribution in [0.1, 0.15) is 16.1 Å². The highest BCUT2D eigenvalue weighted by Crippen LogP contribution is 2.13. The van der Waals surface area contributed by atoms with Crippen molar-refractivity contribution < 1.29 is 18.7 Å². The van der Waals surface area contributed by atoms with Crippen molar-refractivity contribution in [2.75, 3.05) is 13.7 Å². The summed E-state index contributed by atoms with van der Waals surface area (Å²) in [4.78, 5) is 37.4. The van der Waals surface area contributed by atoms with E-state index in [1.165, 1.54) is 18.0 Å². The molecule has 8 heteroatoms. The van der Waals surface area contributed by atoms with Gasteiger partial charge in [0.05, 0.1) is 5.39 Å². The summed E-state index contributed by atoms with van der Waals surface area (Å²) >= 11 is 0. The number of nitrogens with one attached hydrogen (secondary N) is 1. The summed E-state index contributed by atoms with van der Waals surface area (Å²) in [6, 6.07) is 12.6. The zero-order chi connectivity index (χ0) is 19.4. The fourth-order valence-corrected chi connectivity index (χ4v) is 2.55. The number of carbonyl (C=O) groups excluding carboxylic acids is 2. The molecule has 1 amide bonds. The maximum absolute atomic E-state index is 13.7. The molecule has 2 aromatic carbocycles. The molecule has 0 radical (unpaired) electrons. The van der Waals surface area contributed by atoms with Crippen LogP contribution in [0, 0.1) is 5.82 Å². The lowest BCUT2D eigenvalue weighted by atomic mass is 10.1. The van der Waals surface area contributed by atoms with E-state index in [2.05, 4.69) is 10.2 Å². The summed E-state index contributed by atoms with van der Waals surface area (Å²) in [5, 5.41) is 6.58. The molecule has 0 atom stereocenters.